The van der Waals surface area contributed by atoms with Gasteiger partial charge in [-0.3, -0.25) is 4.79 Å². The number of rotatable bonds is 9. The number of fused-ring (bicyclic) bond motifs is 1. The first-order valence-corrected chi connectivity index (χ1v) is 11.9. The predicted octanol–water partition coefficient (Wildman–Crippen LogP) is 5.20. The Morgan fingerprint density at radius 1 is 1.33 bits per heavy atom. The van der Waals surface area contributed by atoms with Crippen LogP contribution in [0.15, 0.2) is 30.4 Å². The summed E-state index contributed by atoms with van der Waals surface area (Å²) in [4.78, 5) is 11.7. The molecule has 1 saturated heterocycles. The smallest absolute Gasteiger partial charge is 0.306 e. The van der Waals surface area contributed by atoms with Gasteiger partial charge < -0.3 is 19.3 Å². The van der Waals surface area contributed by atoms with E-state index in [1.807, 2.05) is 26.8 Å². The lowest BCUT2D eigenvalue weighted by molar-refractivity contribution is -0.147. The van der Waals surface area contributed by atoms with Gasteiger partial charge in [0.2, 0.25) is 0 Å². The highest BCUT2D eigenvalue weighted by Crippen LogP contribution is 2.47. The summed E-state index contributed by atoms with van der Waals surface area (Å²) in [5, 5.41) is 11.0. The molecule has 3 rings (SSSR count). The van der Waals surface area contributed by atoms with Gasteiger partial charge in [0.05, 0.1) is 17.8 Å². The van der Waals surface area contributed by atoms with Crippen LogP contribution in [0, 0.1) is 29.4 Å². The number of halogens is 2. The number of aliphatic hydroxyl groups is 1. The summed E-state index contributed by atoms with van der Waals surface area (Å²) >= 11 is 0. The van der Waals surface area contributed by atoms with Gasteiger partial charge in [-0.1, -0.05) is 12.2 Å². The molecule has 1 aromatic carbocycles. The van der Waals surface area contributed by atoms with Gasteiger partial charge in [0.15, 0.2) is 11.6 Å². The van der Waals surface area contributed by atoms with Crippen LogP contribution >= 0.6 is 0 Å². The van der Waals surface area contributed by atoms with Crippen LogP contribution in [0.4, 0.5) is 8.78 Å². The summed E-state index contributed by atoms with van der Waals surface area (Å²) in [7, 11) is 0. The fourth-order valence-corrected chi connectivity index (χ4v) is 5.07. The van der Waals surface area contributed by atoms with Gasteiger partial charge in [-0.25, -0.2) is 8.78 Å². The Kier molecular flexibility index (Phi) is 8.88. The van der Waals surface area contributed by atoms with Gasteiger partial charge in [-0.15, -0.1) is 0 Å². The second-order valence-corrected chi connectivity index (χ2v) is 9.81. The van der Waals surface area contributed by atoms with Crippen molar-refractivity contribution in [1.82, 2.24) is 0 Å². The second kappa shape index (κ2) is 11.4. The van der Waals surface area contributed by atoms with E-state index in [1.54, 1.807) is 6.08 Å². The maximum absolute atomic E-state index is 13.7. The second-order valence-electron chi connectivity index (χ2n) is 9.81. The molecule has 2 fully saturated rings. The van der Waals surface area contributed by atoms with Crippen LogP contribution in [-0.2, 0) is 14.3 Å². The Balaban J connectivity index is 1.51. The molecule has 1 aliphatic carbocycles. The molecular formula is C26H36F2O5. The number of hydrogen-bond acceptors (Lipinski definition) is 5. The van der Waals surface area contributed by atoms with E-state index < -0.39 is 17.2 Å². The van der Waals surface area contributed by atoms with Crippen LogP contribution in [0.2, 0.25) is 0 Å². The molecule has 7 heteroatoms. The summed E-state index contributed by atoms with van der Waals surface area (Å²) in [6, 6.07) is 3.10. The molecule has 1 saturated carbocycles. The fourth-order valence-electron chi connectivity index (χ4n) is 5.07. The van der Waals surface area contributed by atoms with Crippen molar-refractivity contribution in [2.45, 2.75) is 77.1 Å². The van der Waals surface area contributed by atoms with E-state index in [1.165, 1.54) is 0 Å². The Morgan fingerprint density at radius 2 is 2.12 bits per heavy atom. The monoisotopic (exact) mass is 466 g/mol. The van der Waals surface area contributed by atoms with Crippen molar-refractivity contribution in [2.75, 3.05) is 13.2 Å². The molecule has 5 atom stereocenters. The highest BCUT2D eigenvalue weighted by atomic mass is 19.1. The molecule has 1 aliphatic heterocycles. The van der Waals surface area contributed by atoms with Gasteiger partial charge in [-0.05, 0) is 70.4 Å². The third-order valence-electron chi connectivity index (χ3n) is 6.66. The molecule has 0 aromatic heterocycles. The van der Waals surface area contributed by atoms with E-state index in [2.05, 4.69) is 0 Å². The molecule has 33 heavy (non-hydrogen) atoms. The molecule has 5 nitrogen and oxygen atoms in total. The van der Waals surface area contributed by atoms with Crippen molar-refractivity contribution >= 4 is 5.97 Å². The van der Waals surface area contributed by atoms with Crippen LogP contribution < -0.4 is 4.74 Å². The van der Waals surface area contributed by atoms with Crippen molar-refractivity contribution in [2.24, 2.45) is 17.8 Å². The molecule has 0 bridgehead atoms. The topological polar surface area (TPSA) is 65.0 Å². The Labute approximate surface area is 195 Å². The first-order valence-electron chi connectivity index (χ1n) is 11.9. The molecule has 0 radical (unpaired) electrons. The maximum atomic E-state index is 13.7. The number of ether oxygens (including phenoxy) is 3. The molecule has 1 aromatic rings. The lowest BCUT2D eigenvalue weighted by Gasteiger charge is -2.27. The highest BCUT2D eigenvalue weighted by molar-refractivity contribution is 5.69. The number of hydrogen-bond donors (Lipinski definition) is 1. The van der Waals surface area contributed by atoms with Crippen molar-refractivity contribution in [3.05, 3.63) is 42.0 Å². The summed E-state index contributed by atoms with van der Waals surface area (Å²) in [5.41, 5.74) is -0.899. The quantitative estimate of drug-likeness (QED) is 0.400. The van der Waals surface area contributed by atoms with Crippen molar-refractivity contribution in [1.29, 1.82) is 0 Å². The number of carbonyl (C=O) groups excluding carboxylic acids is 1. The molecular weight excluding hydrogens is 430 g/mol. The summed E-state index contributed by atoms with van der Waals surface area (Å²) in [6.45, 7) is 6.24. The lowest BCUT2D eigenvalue weighted by Crippen LogP contribution is -2.30. The average molecular weight is 467 g/mol. The van der Waals surface area contributed by atoms with E-state index in [0.29, 0.717) is 25.4 Å². The Bertz CT molecular complexity index is 823. The summed E-state index contributed by atoms with van der Waals surface area (Å²) < 4.78 is 43.8. The number of esters is 1. The van der Waals surface area contributed by atoms with Crippen LogP contribution in [0.1, 0.15) is 59.3 Å². The van der Waals surface area contributed by atoms with E-state index in [9.17, 15) is 18.7 Å². The van der Waals surface area contributed by atoms with E-state index in [0.717, 1.165) is 43.9 Å². The molecule has 1 N–H and O–H groups in total. The zero-order chi connectivity index (χ0) is 24.0. The minimum atomic E-state index is -0.899. The van der Waals surface area contributed by atoms with Gasteiger partial charge in [0, 0.05) is 31.4 Å². The highest BCUT2D eigenvalue weighted by Gasteiger charge is 2.50. The summed E-state index contributed by atoms with van der Waals surface area (Å²) in [6.07, 6.45) is 8.15. The van der Waals surface area contributed by atoms with E-state index in [-0.39, 0.29) is 42.4 Å². The minimum Gasteiger partial charge on any atom is -0.486 e. The molecule has 2 aliphatic rings. The predicted molar refractivity (Wildman–Crippen MR) is 121 cm³/mol. The van der Waals surface area contributed by atoms with Crippen LogP contribution in [0.5, 0.6) is 5.75 Å². The van der Waals surface area contributed by atoms with Crippen molar-refractivity contribution < 1.29 is 32.9 Å². The van der Waals surface area contributed by atoms with Crippen molar-refractivity contribution in [3.8, 4) is 5.75 Å². The first-order chi connectivity index (χ1) is 15.7. The van der Waals surface area contributed by atoms with Crippen LogP contribution in [-0.4, -0.2) is 42.1 Å². The Morgan fingerprint density at radius 3 is 2.88 bits per heavy atom. The molecule has 1 heterocycles. The average Bonchev–Trinajstić information content (AvgIpc) is 2.84. The molecule has 0 amide bonds. The van der Waals surface area contributed by atoms with Crippen molar-refractivity contribution in [3.63, 3.8) is 0 Å². The first kappa shape index (κ1) is 25.6. The maximum Gasteiger partial charge on any atom is 0.306 e. The van der Waals surface area contributed by atoms with Gasteiger partial charge in [0.25, 0.3) is 0 Å². The van der Waals surface area contributed by atoms with E-state index in [4.69, 9.17) is 14.2 Å². The van der Waals surface area contributed by atoms with Crippen LogP contribution in [0.3, 0.4) is 0 Å². The van der Waals surface area contributed by atoms with Gasteiger partial charge in [-0.2, -0.15) is 0 Å². The lowest BCUT2D eigenvalue weighted by atomic mass is 9.82. The molecule has 2 unspecified atom stereocenters. The number of benzene rings is 1. The SMILES string of the molecule is CC(C)OC(=O)CCCC1CC[C@H]2C(/C=C/COc3cc(F)ccc3F)[C@@](C)(O)C[C@H]2OC1. The Hall–Kier alpha value is -1.99. The van der Waals surface area contributed by atoms with Gasteiger partial charge in [0.1, 0.15) is 12.4 Å². The summed E-state index contributed by atoms with van der Waals surface area (Å²) in [5.74, 6) is -0.999. The fraction of sp³-hybridized carbons (Fsp3) is 0.654. The minimum absolute atomic E-state index is 0.0212. The third-order valence-corrected chi connectivity index (χ3v) is 6.66. The van der Waals surface area contributed by atoms with E-state index >= 15 is 0 Å². The zero-order valence-corrected chi connectivity index (χ0v) is 19.8. The third kappa shape index (κ3) is 7.24. The molecule has 184 valence electrons. The normalized spacial score (nSPS) is 29.8. The number of carbonyl (C=O) groups is 1. The zero-order valence-electron chi connectivity index (χ0n) is 19.8. The van der Waals surface area contributed by atoms with Crippen LogP contribution in [0.25, 0.3) is 0 Å². The largest absolute Gasteiger partial charge is 0.486 e. The molecule has 0 spiro atoms. The standard InChI is InChI=1S/C26H36F2O5/c1-17(2)33-25(29)8-4-6-18-9-11-20-21(26(3,30)15-24(20)32-16-18)7-5-13-31-23-14-19(27)10-12-22(23)28/h5,7,10,12,14,17-18,20-21,24,30H,4,6,8-9,11,13,15-16H2,1-3H3/b7-5+/t18?,20-,21?,24+,26-/m0/s1. The van der Waals surface area contributed by atoms with Gasteiger partial charge >= 0.3 is 5.97 Å².